The number of hydrazone groups is 1. The largest absolute Gasteiger partial charge is 0.508 e. The lowest BCUT2D eigenvalue weighted by atomic mass is 9.92. The molecule has 0 bridgehead atoms. The summed E-state index contributed by atoms with van der Waals surface area (Å²) in [5.41, 5.74) is 15.7. The third kappa shape index (κ3) is 3.07. The average Bonchev–Trinajstić information content (AvgIpc) is 3.16. The average molecular weight is 382 g/mol. The first-order valence-corrected chi connectivity index (χ1v) is 9.11. The van der Waals surface area contributed by atoms with E-state index in [2.05, 4.69) is 21.6 Å². The van der Waals surface area contributed by atoms with Gasteiger partial charge in [-0.25, -0.2) is 10.3 Å². The molecule has 0 unspecified atom stereocenters. The number of nitrogens with zero attached hydrogens (tertiary/aromatic N) is 1. The first-order chi connectivity index (χ1) is 13.1. The second kappa shape index (κ2) is 7.16. The van der Waals surface area contributed by atoms with Gasteiger partial charge < -0.3 is 9.84 Å². The second-order valence-corrected chi connectivity index (χ2v) is 7.25. The highest BCUT2D eigenvalue weighted by atomic mass is 16.5. The van der Waals surface area contributed by atoms with E-state index in [0.717, 1.165) is 33.4 Å². The number of phenols is 1. The van der Waals surface area contributed by atoms with Crippen LogP contribution in [0.25, 0.3) is 0 Å². The molecule has 148 valence electrons. The summed E-state index contributed by atoms with van der Waals surface area (Å²) < 4.78 is 5.89. The molecule has 28 heavy (non-hydrogen) atoms. The van der Waals surface area contributed by atoms with E-state index in [1.54, 1.807) is 19.9 Å². The summed E-state index contributed by atoms with van der Waals surface area (Å²) in [6.07, 6.45) is 0. The number of amidine groups is 1. The van der Waals surface area contributed by atoms with Gasteiger partial charge in [0, 0.05) is 5.56 Å². The number of carbonyl (C=O) groups is 1. The molecule has 7 heteroatoms. The molecular formula is C21H26N4O3. The van der Waals surface area contributed by atoms with Gasteiger partial charge in [0.15, 0.2) is 5.84 Å². The lowest BCUT2D eigenvalue weighted by Crippen LogP contribution is -2.36. The Morgan fingerprint density at radius 1 is 0.929 bits per heavy atom. The Balaban J connectivity index is 2.07. The molecule has 4 N–H and O–H groups in total. The standard InChI is InChI=1S/C21H26N4O3/c1-9-8-16(26)10(2)11(3)17(9)21(27)28-19-14(6)12(4)18(13(5)15(19)7)20-22-24-25-23-20/h8,24-26H,1-7H3,(H,22,23). The fourth-order valence-corrected chi connectivity index (χ4v) is 3.62. The van der Waals surface area contributed by atoms with Crippen LogP contribution in [-0.2, 0) is 0 Å². The highest BCUT2D eigenvalue weighted by Gasteiger charge is 2.24. The highest BCUT2D eigenvalue weighted by Crippen LogP contribution is 2.34. The number of ether oxygens (including phenoxy) is 1. The molecule has 0 aliphatic carbocycles. The Bertz CT molecular complexity index is 996. The van der Waals surface area contributed by atoms with Crippen LogP contribution in [0.3, 0.4) is 0 Å². The minimum atomic E-state index is -0.421. The van der Waals surface area contributed by atoms with Crippen molar-refractivity contribution in [3.63, 3.8) is 0 Å². The zero-order valence-electron chi connectivity index (χ0n) is 17.3. The topological polar surface area (TPSA) is 95.0 Å². The zero-order chi connectivity index (χ0) is 20.7. The molecule has 1 heterocycles. The predicted molar refractivity (Wildman–Crippen MR) is 109 cm³/mol. The first-order valence-electron chi connectivity index (χ1n) is 9.11. The molecule has 0 aromatic heterocycles. The van der Waals surface area contributed by atoms with Gasteiger partial charge in [0.1, 0.15) is 11.5 Å². The molecule has 2 aromatic rings. The van der Waals surface area contributed by atoms with E-state index in [0.29, 0.717) is 28.3 Å². The lowest BCUT2D eigenvalue weighted by Gasteiger charge is -2.20. The Labute approximate surface area is 164 Å². The van der Waals surface area contributed by atoms with E-state index in [9.17, 15) is 9.90 Å². The Kier molecular flexibility index (Phi) is 5.04. The summed E-state index contributed by atoms with van der Waals surface area (Å²) >= 11 is 0. The Morgan fingerprint density at radius 3 is 2.07 bits per heavy atom. The summed E-state index contributed by atoms with van der Waals surface area (Å²) in [7, 11) is 0. The van der Waals surface area contributed by atoms with Crippen molar-refractivity contribution in [2.24, 2.45) is 5.10 Å². The predicted octanol–water partition coefficient (Wildman–Crippen LogP) is 3.04. The maximum absolute atomic E-state index is 13.0. The van der Waals surface area contributed by atoms with Crippen LogP contribution in [0.15, 0.2) is 11.2 Å². The SMILES string of the molecule is Cc1cc(O)c(C)c(C)c1C(=O)Oc1c(C)c(C)c(C2=NNNN2)c(C)c1C. The van der Waals surface area contributed by atoms with Crippen molar-refractivity contribution >= 4 is 11.8 Å². The van der Waals surface area contributed by atoms with E-state index >= 15 is 0 Å². The van der Waals surface area contributed by atoms with E-state index in [-0.39, 0.29) is 5.75 Å². The molecular weight excluding hydrogens is 356 g/mol. The Morgan fingerprint density at radius 2 is 1.54 bits per heavy atom. The molecule has 2 aromatic carbocycles. The van der Waals surface area contributed by atoms with E-state index < -0.39 is 5.97 Å². The molecule has 0 fully saturated rings. The molecule has 1 aliphatic heterocycles. The molecule has 0 saturated heterocycles. The molecule has 0 saturated carbocycles. The van der Waals surface area contributed by atoms with Crippen LogP contribution in [0.5, 0.6) is 11.5 Å². The second-order valence-electron chi connectivity index (χ2n) is 7.25. The number of carbonyl (C=O) groups excluding carboxylic acids is 1. The van der Waals surface area contributed by atoms with Gasteiger partial charge in [0.25, 0.3) is 0 Å². The third-order valence-electron chi connectivity index (χ3n) is 5.67. The summed E-state index contributed by atoms with van der Waals surface area (Å²) in [5, 5.41) is 14.2. The van der Waals surface area contributed by atoms with Crippen molar-refractivity contribution < 1.29 is 14.6 Å². The van der Waals surface area contributed by atoms with Crippen molar-refractivity contribution in [1.82, 2.24) is 16.5 Å². The number of phenolic OH excluding ortho intramolecular Hbond substituents is 1. The van der Waals surface area contributed by atoms with Crippen molar-refractivity contribution in [3.8, 4) is 11.5 Å². The fraction of sp³-hybridized carbons (Fsp3) is 0.333. The van der Waals surface area contributed by atoms with Crippen molar-refractivity contribution in [2.45, 2.75) is 48.5 Å². The van der Waals surface area contributed by atoms with Crippen LogP contribution < -0.4 is 21.2 Å². The van der Waals surface area contributed by atoms with Gasteiger partial charge in [-0.3, -0.25) is 5.43 Å². The molecule has 3 rings (SSSR count). The number of nitrogens with one attached hydrogen (secondary N) is 3. The van der Waals surface area contributed by atoms with Gasteiger partial charge in [-0.15, -0.1) is 10.6 Å². The number of esters is 1. The maximum atomic E-state index is 13.0. The van der Waals surface area contributed by atoms with Crippen molar-refractivity contribution in [2.75, 3.05) is 0 Å². The van der Waals surface area contributed by atoms with Gasteiger partial charge in [-0.05, 0) is 93.5 Å². The summed E-state index contributed by atoms with van der Waals surface area (Å²) in [5.74, 6) is 1.02. The van der Waals surface area contributed by atoms with E-state index in [4.69, 9.17) is 4.74 Å². The fourth-order valence-electron chi connectivity index (χ4n) is 3.62. The molecule has 7 nitrogen and oxygen atoms in total. The normalized spacial score (nSPS) is 13.0. The van der Waals surface area contributed by atoms with Crippen LogP contribution in [0.1, 0.15) is 54.9 Å². The highest BCUT2D eigenvalue weighted by molar-refractivity contribution is 6.02. The molecule has 0 amide bonds. The number of aryl methyl sites for hydroxylation is 1. The van der Waals surface area contributed by atoms with Gasteiger partial charge in [-0.1, -0.05) is 0 Å². The maximum Gasteiger partial charge on any atom is 0.344 e. The molecule has 0 radical (unpaired) electrons. The van der Waals surface area contributed by atoms with Crippen LogP contribution in [0, 0.1) is 48.5 Å². The van der Waals surface area contributed by atoms with Crippen molar-refractivity contribution in [3.05, 3.63) is 56.1 Å². The number of benzene rings is 2. The minimum absolute atomic E-state index is 0.182. The lowest BCUT2D eigenvalue weighted by molar-refractivity contribution is 0.0730. The number of hydrazine groups is 2. The van der Waals surface area contributed by atoms with E-state index in [1.807, 2.05) is 34.6 Å². The number of hydrogen-bond donors (Lipinski definition) is 4. The smallest absolute Gasteiger partial charge is 0.344 e. The number of rotatable bonds is 3. The number of hydrogen-bond acceptors (Lipinski definition) is 7. The zero-order valence-corrected chi connectivity index (χ0v) is 17.3. The third-order valence-corrected chi connectivity index (χ3v) is 5.67. The van der Waals surface area contributed by atoms with Crippen LogP contribution in [0.4, 0.5) is 0 Å². The van der Waals surface area contributed by atoms with Gasteiger partial charge in [0.05, 0.1) is 5.56 Å². The number of aromatic hydroxyl groups is 1. The Hall–Kier alpha value is -3.06. The quantitative estimate of drug-likeness (QED) is 0.481. The van der Waals surface area contributed by atoms with Crippen LogP contribution in [-0.4, -0.2) is 16.9 Å². The van der Waals surface area contributed by atoms with Crippen molar-refractivity contribution in [1.29, 1.82) is 0 Å². The molecule has 1 aliphatic rings. The van der Waals surface area contributed by atoms with Crippen LogP contribution >= 0.6 is 0 Å². The van der Waals surface area contributed by atoms with Gasteiger partial charge >= 0.3 is 5.97 Å². The van der Waals surface area contributed by atoms with E-state index in [1.165, 1.54) is 0 Å². The monoisotopic (exact) mass is 382 g/mol. The van der Waals surface area contributed by atoms with Crippen LogP contribution in [0.2, 0.25) is 0 Å². The first kappa shape index (κ1) is 19.7. The minimum Gasteiger partial charge on any atom is -0.508 e. The summed E-state index contributed by atoms with van der Waals surface area (Å²) in [6, 6.07) is 1.60. The van der Waals surface area contributed by atoms with Gasteiger partial charge in [-0.2, -0.15) is 0 Å². The molecule has 0 spiro atoms. The summed E-state index contributed by atoms with van der Waals surface area (Å²) in [4.78, 5) is 13.0. The van der Waals surface area contributed by atoms with Gasteiger partial charge in [0.2, 0.25) is 0 Å². The molecule has 0 atom stereocenters. The summed E-state index contributed by atoms with van der Waals surface area (Å²) in [6.45, 7) is 13.3.